The zero-order chi connectivity index (χ0) is 14.5. The van der Waals surface area contributed by atoms with Gasteiger partial charge in [0.25, 0.3) is 11.6 Å². The highest BCUT2D eigenvalue weighted by Crippen LogP contribution is 2.27. The molecule has 108 valence electrons. The van der Waals surface area contributed by atoms with Gasteiger partial charge in [-0.05, 0) is 25.0 Å². The lowest BCUT2D eigenvalue weighted by Gasteiger charge is -2.24. The van der Waals surface area contributed by atoms with E-state index in [9.17, 15) is 14.9 Å². The summed E-state index contributed by atoms with van der Waals surface area (Å²) in [5, 5.41) is 16.7. The third-order valence-corrected chi connectivity index (χ3v) is 3.26. The maximum absolute atomic E-state index is 11.5. The summed E-state index contributed by atoms with van der Waals surface area (Å²) in [6.45, 7) is 1.31. The number of ether oxygens (including phenoxy) is 1. The molecule has 0 bridgehead atoms. The molecule has 1 aromatic carbocycles. The molecule has 0 spiro atoms. The molecule has 0 radical (unpaired) electrons. The highest BCUT2D eigenvalue weighted by atomic mass is 16.6. The van der Waals surface area contributed by atoms with Crippen LogP contribution in [0.15, 0.2) is 18.2 Å². The average Bonchev–Trinajstić information content (AvgIpc) is 2.47. The highest BCUT2D eigenvalue weighted by molar-refractivity contribution is 5.95. The van der Waals surface area contributed by atoms with Gasteiger partial charge in [-0.3, -0.25) is 14.9 Å². The molecule has 1 aromatic rings. The summed E-state index contributed by atoms with van der Waals surface area (Å²) >= 11 is 0. The smallest absolute Gasteiger partial charge is 0.293 e. The van der Waals surface area contributed by atoms with Gasteiger partial charge < -0.3 is 15.4 Å². The van der Waals surface area contributed by atoms with Gasteiger partial charge in [-0.25, -0.2) is 0 Å². The third-order valence-electron chi connectivity index (χ3n) is 3.26. The molecule has 0 atom stereocenters. The molecular formula is C13H17N3O4. The van der Waals surface area contributed by atoms with Crippen LogP contribution in [0.5, 0.6) is 0 Å². The van der Waals surface area contributed by atoms with Crippen LogP contribution in [0.4, 0.5) is 11.4 Å². The highest BCUT2D eigenvalue weighted by Gasteiger charge is 2.21. The van der Waals surface area contributed by atoms with Gasteiger partial charge in [0.2, 0.25) is 0 Å². The summed E-state index contributed by atoms with van der Waals surface area (Å²) < 4.78 is 5.25. The lowest BCUT2D eigenvalue weighted by Crippen LogP contribution is -2.28. The van der Waals surface area contributed by atoms with Crippen molar-refractivity contribution in [1.29, 1.82) is 0 Å². The maximum atomic E-state index is 11.5. The first-order chi connectivity index (χ1) is 9.61. The predicted molar refractivity (Wildman–Crippen MR) is 74.0 cm³/mol. The van der Waals surface area contributed by atoms with Crippen molar-refractivity contribution in [3.05, 3.63) is 33.9 Å². The van der Waals surface area contributed by atoms with E-state index in [0.29, 0.717) is 18.9 Å². The summed E-state index contributed by atoms with van der Waals surface area (Å²) in [5.74, 6) is -0.342. The molecule has 0 aliphatic carbocycles. The average molecular weight is 279 g/mol. The Balaban J connectivity index is 2.23. The van der Waals surface area contributed by atoms with Crippen LogP contribution in [0.25, 0.3) is 0 Å². The molecule has 20 heavy (non-hydrogen) atoms. The Morgan fingerprint density at radius 2 is 2.10 bits per heavy atom. The fraction of sp³-hybridized carbons (Fsp3) is 0.462. The molecule has 1 heterocycles. The summed E-state index contributed by atoms with van der Waals surface area (Å²) in [6.07, 6.45) is 1.63. The largest absolute Gasteiger partial charge is 0.381 e. The second kappa shape index (κ2) is 6.33. The number of amides is 1. The monoisotopic (exact) mass is 279 g/mol. The minimum atomic E-state index is -0.478. The van der Waals surface area contributed by atoms with Crippen molar-refractivity contribution >= 4 is 17.3 Å². The van der Waals surface area contributed by atoms with Gasteiger partial charge in [0.1, 0.15) is 5.69 Å². The fourth-order valence-corrected chi connectivity index (χ4v) is 2.15. The van der Waals surface area contributed by atoms with Gasteiger partial charge in [-0.2, -0.15) is 0 Å². The number of nitro groups is 1. The first-order valence-corrected chi connectivity index (χ1v) is 6.46. The fourth-order valence-electron chi connectivity index (χ4n) is 2.15. The number of nitrogens with zero attached hydrogens (tertiary/aromatic N) is 1. The van der Waals surface area contributed by atoms with Crippen LogP contribution in [0, 0.1) is 10.1 Å². The van der Waals surface area contributed by atoms with Crippen LogP contribution >= 0.6 is 0 Å². The van der Waals surface area contributed by atoms with Crippen LogP contribution < -0.4 is 10.6 Å². The van der Waals surface area contributed by atoms with E-state index < -0.39 is 4.92 Å². The number of anilines is 1. The van der Waals surface area contributed by atoms with Crippen LogP contribution in [-0.4, -0.2) is 37.1 Å². The van der Waals surface area contributed by atoms with Crippen molar-refractivity contribution in [3.8, 4) is 0 Å². The van der Waals surface area contributed by atoms with E-state index in [0.717, 1.165) is 12.8 Å². The van der Waals surface area contributed by atoms with Crippen molar-refractivity contribution in [3.63, 3.8) is 0 Å². The molecule has 1 aliphatic heterocycles. The molecule has 1 amide bonds. The normalized spacial score (nSPS) is 15.7. The van der Waals surface area contributed by atoms with E-state index in [4.69, 9.17) is 4.74 Å². The Bertz CT molecular complexity index is 512. The molecule has 0 aromatic heterocycles. The molecule has 1 saturated heterocycles. The first kappa shape index (κ1) is 14.3. The Morgan fingerprint density at radius 3 is 2.70 bits per heavy atom. The number of carbonyl (C=O) groups excluding carboxylic acids is 1. The van der Waals surface area contributed by atoms with Gasteiger partial charge in [0, 0.05) is 37.9 Å². The van der Waals surface area contributed by atoms with E-state index in [1.165, 1.54) is 13.1 Å². The predicted octanol–water partition coefficient (Wildman–Crippen LogP) is 1.55. The summed E-state index contributed by atoms with van der Waals surface area (Å²) in [6, 6.07) is 4.61. The minimum Gasteiger partial charge on any atom is -0.381 e. The summed E-state index contributed by atoms with van der Waals surface area (Å²) in [7, 11) is 1.49. The Morgan fingerprint density at radius 1 is 1.40 bits per heavy atom. The SMILES string of the molecule is CNC(=O)c1ccc(NC2CCOCC2)c([N+](=O)[O-])c1. The zero-order valence-corrected chi connectivity index (χ0v) is 11.2. The number of hydrogen-bond donors (Lipinski definition) is 2. The quantitative estimate of drug-likeness (QED) is 0.644. The zero-order valence-electron chi connectivity index (χ0n) is 11.2. The molecule has 2 N–H and O–H groups in total. The number of hydrogen-bond acceptors (Lipinski definition) is 5. The molecule has 0 saturated carbocycles. The summed E-state index contributed by atoms with van der Waals surface area (Å²) in [5.41, 5.74) is 0.629. The lowest BCUT2D eigenvalue weighted by molar-refractivity contribution is -0.384. The molecule has 1 aliphatic rings. The number of rotatable bonds is 4. The van der Waals surface area contributed by atoms with E-state index in [1.807, 2.05) is 0 Å². The van der Waals surface area contributed by atoms with Crippen LogP contribution in [0.3, 0.4) is 0 Å². The van der Waals surface area contributed by atoms with Gasteiger partial charge in [-0.1, -0.05) is 0 Å². The van der Waals surface area contributed by atoms with Crippen LogP contribution in [0.2, 0.25) is 0 Å². The Hall–Kier alpha value is -2.15. The van der Waals surface area contributed by atoms with Crippen molar-refractivity contribution in [1.82, 2.24) is 5.32 Å². The van der Waals surface area contributed by atoms with E-state index in [2.05, 4.69) is 10.6 Å². The molecular weight excluding hydrogens is 262 g/mol. The lowest BCUT2D eigenvalue weighted by atomic mass is 10.1. The molecule has 0 unspecified atom stereocenters. The van der Waals surface area contributed by atoms with Crippen molar-refractivity contribution in [2.45, 2.75) is 18.9 Å². The van der Waals surface area contributed by atoms with Crippen molar-refractivity contribution < 1.29 is 14.5 Å². The Labute approximate surface area is 116 Å². The summed E-state index contributed by atoms with van der Waals surface area (Å²) in [4.78, 5) is 22.2. The third kappa shape index (κ3) is 3.24. The van der Waals surface area contributed by atoms with Crippen LogP contribution in [0.1, 0.15) is 23.2 Å². The van der Waals surface area contributed by atoms with Crippen LogP contribution in [-0.2, 0) is 4.74 Å². The van der Waals surface area contributed by atoms with Gasteiger partial charge in [0.15, 0.2) is 0 Å². The molecule has 7 nitrogen and oxygen atoms in total. The topological polar surface area (TPSA) is 93.5 Å². The Kier molecular flexibility index (Phi) is 4.52. The van der Waals surface area contributed by atoms with Gasteiger partial charge >= 0.3 is 0 Å². The van der Waals surface area contributed by atoms with Gasteiger partial charge in [0.05, 0.1) is 4.92 Å². The van der Waals surface area contributed by atoms with Crippen molar-refractivity contribution in [2.75, 3.05) is 25.6 Å². The minimum absolute atomic E-state index is 0.0856. The second-order valence-corrected chi connectivity index (χ2v) is 4.60. The number of carbonyl (C=O) groups is 1. The van der Waals surface area contributed by atoms with E-state index >= 15 is 0 Å². The van der Waals surface area contributed by atoms with E-state index in [-0.39, 0.29) is 23.2 Å². The standard InChI is InChI=1S/C13H17N3O4/c1-14-13(17)9-2-3-11(12(8-9)16(18)19)15-10-4-6-20-7-5-10/h2-3,8,10,15H,4-7H2,1H3,(H,14,17). The first-order valence-electron chi connectivity index (χ1n) is 6.46. The molecule has 1 fully saturated rings. The molecule has 2 rings (SSSR count). The van der Waals surface area contributed by atoms with Crippen molar-refractivity contribution in [2.24, 2.45) is 0 Å². The van der Waals surface area contributed by atoms with Gasteiger partial charge in [-0.15, -0.1) is 0 Å². The van der Waals surface area contributed by atoms with E-state index in [1.54, 1.807) is 12.1 Å². The number of benzene rings is 1. The second-order valence-electron chi connectivity index (χ2n) is 4.60. The number of nitrogens with one attached hydrogen (secondary N) is 2. The number of nitro benzene ring substituents is 1. The maximum Gasteiger partial charge on any atom is 0.293 e. The molecule has 7 heteroatoms.